The van der Waals surface area contributed by atoms with E-state index in [0.717, 1.165) is 25.9 Å². The largest absolute Gasteiger partial charge is 0.486 e. The zero-order valence-electron chi connectivity index (χ0n) is 11.9. The Labute approximate surface area is 124 Å². The average molecular weight is 286 g/mol. The highest BCUT2D eigenvalue weighted by Gasteiger charge is 2.26. The molecule has 110 valence electrons. The van der Waals surface area contributed by atoms with Gasteiger partial charge in [-0.15, -0.1) is 0 Å². The van der Waals surface area contributed by atoms with Gasteiger partial charge in [-0.2, -0.15) is 5.26 Å². The molecule has 1 saturated heterocycles. The van der Waals surface area contributed by atoms with Gasteiger partial charge in [0.1, 0.15) is 13.2 Å². The second kappa shape index (κ2) is 6.15. The fraction of sp³-hybridized carbons (Fsp3) is 0.500. The molecule has 0 N–H and O–H groups in total. The quantitative estimate of drug-likeness (QED) is 0.627. The lowest BCUT2D eigenvalue weighted by molar-refractivity contribution is 0.0848. The maximum Gasteiger partial charge on any atom is 0.166 e. The second-order valence-corrected chi connectivity index (χ2v) is 5.43. The molecule has 3 rings (SSSR count). The summed E-state index contributed by atoms with van der Waals surface area (Å²) in [4.78, 5) is 14.7. The van der Waals surface area contributed by atoms with Crippen LogP contribution >= 0.6 is 0 Å². The van der Waals surface area contributed by atoms with Crippen molar-refractivity contribution in [3.63, 3.8) is 0 Å². The van der Waals surface area contributed by atoms with Gasteiger partial charge in [-0.25, -0.2) is 0 Å². The molecule has 2 aliphatic heterocycles. The monoisotopic (exact) mass is 286 g/mol. The number of likely N-dealkylation sites (tertiary alicyclic amines) is 1. The Morgan fingerprint density at radius 2 is 1.95 bits per heavy atom. The molecular weight excluding hydrogens is 268 g/mol. The van der Waals surface area contributed by atoms with Gasteiger partial charge < -0.3 is 9.47 Å². The summed E-state index contributed by atoms with van der Waals surface area (Å²) >= 11 is 0. The molecular formula is C16H18N2O3. The number of nitrogens with zero attached hydrogens (tertiary/aromatic N) is 2. The van der Waals surface area contributed by atoms with Crippen LogP contribution in [0.4, 0.5) is 0 Å². The Hall–Kier alpha value is -2.06. The molecule has 0 saturated carbocycles. The molecule has 1 aromatic carbocycles. The Morgan fingerprint density at radius 3 is 2.67 bits per heavy atom. The lowest BCUT2D eigenvalue weighted by atomic mass is 9.89. The third-order valence-corrected chi connectivity index (χ3v) is 4.08. The van der Waals surface area contributed by atoms with Crippen LogP contribution in [0.15, 0.2) is 18.2 Å². The van der Waals surface area contributed by atoms with Crippen LogP contribution in [0, 0.1) is 17.2 Å². The summed E-state index contributed by atoms with van der Waals surface area (Å²) in [6, 6.07) is 7.58. The van der Waals surface area contributed by atoms with Gasteiger partial charge in [0, 0.05) is 11.5 Å². The second-order valence-electron chi connectivity index (χ2n) is 5.43. The van der Waals surface area contributed by atoms with Crippen LogP contribution in [-0.2, 0) is 0 Å². The van der Waals surface area contributed by atoms with Crippen molar-refractivity contribution >= 4 is 5.78 Å². The first kappa shape index (κ1) is 13.9. The number of Topliss-reactive ketones (excluding diaryl/α,β-unsaturated/α-hetero) is 1. The van der Waals surface area contributed by atoms with Crippen molar-refractivity contribution in [2.75, 3.05) is 32.8 Å². The van der Waals surface area contributed by atoms with Gasteiger partial charge in [-0.1, -0.05) is 0 Å². The molecule has 0 aromatic heterocycles. The van der Waals surface area contributed by atoms with E-state index in [1.165, 1.54) is 0 Å². The molecule has 1 aromatic rings. The maximum absolute atomic E-state index is 12.6. The Bertz CT molecular complexity index is 571. The minimum absolute atomic E-state index is 0.0440. The molecule has 2 aliphatic rings. The van der Waals surface area contributed by atoms with Crippen LogP contribution in [0.5, 0.6) is 11.5 Å². The highest BCUT2D eigenvalue weighted by Crippen LogP contribution is 2.32. The number of carbonyl (C=O) groups excluding carboxylic acids is 1. The fourth-order valence-corrected chi connectivity index (χ4v) is 2.89. The van der Waals surface area contributed by atoms with Gasteiger partial charge in [-0.3, -0.25) is 9.69 Å². The number of hydrogen-bond acceptors (Lipinski definition) is 5. The molecule has 2 heterocycles. The molecule has 0 bridgehead atoms. The van der Waals surface area contributed by atoms with E-state index < -0.39 is 0 Å². The SMILES string of the molecule is N#CCN1CCC(C(=O)c2ccc3c(c2)OCCO3)CC1. The van der Waals surface area contributed by atoms with Crippen molar-refractivity contribution in [1.82, 2.24) is 4.90 Å². The third kappa shape index (κ3) is 3.01. The van der Waals surface area contributed by atoms with Gasteiger partial charge in [0.15, 0.2) is 17.3 Å². The van der Waals surface area contributed by atoms with Crippen molar-refractivity contribution in [3.8, 4) is 17.6 Å². The normalized spacial score (nSPS) is 19.0. The molecule has 0 spiro atoms. The summed E-state index contributed by atoms with van der Waals surface area (Å²) < 4.78 is 11.0. The summed E-state index contributed by atoms with van der Waals surface area (Å²) in [5.74, 6) is 1.58. The third-order valence-electron chi connectivity index (χ3n) is 4.08. The maximum atomic E-state index is 12.6. The zero-order valence-corrected chi connectivity index (χ0v) is 11.9. The minimum Gasteiger partial charge on any atom is -0.486 e. The van der Waals surface area contributed by atoms with Crippen molar-refractivity contribution in [2.45, 2.75) is 12.8 Å². The van der Waals surface area contributed by atoms with Crippen LogP contribution < -0.4 is 9.47 Å². The molecule has 1 fully saturated rings. The number of hydrogen-bond donors (Lipinski definition) is 0. The zero-order chi connectivity index (χ0) is 14.7. The molecule has 5 heteroatoms. The van der Waals surface area contributed by atoms with E-state index in [9.17, 15) is 4.79 Å². The van der Waals surface area contributed by atoms with Gasteiger partial charge >= 0.3 is 0 Å². The predicted octanol–water partition coefficient (Wildman–Crippen LogP) is 1.88. The Balaban J connectivity index is 1.67. The van der Waals surface area contributed by atoms with E-state index in [1.807, 2.05) is 12.1 Å². The molecule has 5 nitrogen and oxygen atoms in total. The topological polar surface area (TPSA) is 62.6 Å². The number of ether oxygens (including phenoxy) is 2. The molecule has 0 atom stereocenters. The van der Waals surface area contributed by atoms with E-state index in [2.05, 4.69) is 11.0 Å². The lowest BCUT2D eigenvalue weighted by Crippen LogP contribution is -2.36. The smallest absolute Gasteiger partial charge is 0.166 e. The summed E-state index contributed by atoms with van der Waals surface area (Å²) in [6.45, 7) is 3.16. The number of carbonyl (C=O) groups is 1. The van der Waals surface area contributed by atoms with Crippen LogP contribution in [0.25, 0.3) is 0 Å². The number of fused-ring (bicyclic) bond motifs is 1. The van der Waals surface area contributed by atoms with Crippen LogP contribution in [-0.4, -0.2) is 43.5 Å². The fourth-order valence-electron chi connectivity index (χ4n) is 2.89. The van der Waals surface area contributed by atoms with Crippen molar-refractivity contribution < 1.29 is 14.3 Å². The first-order valence-corrected chi connectivity index (χ1v) is 7.31. The summed E-state index contributed by atoms with van der Waals surface area (Å²) in [6.07, 6.45) is 1.63. The van der Waals surface area contributed by atoms with Gasteiger partial charge in [0.2, 0.25) is 0 Å². The van der Waals surface area contributed by atoms with Gasteiger partial charge in [-0.05, 0) is 44.1 Å². The van der Waals surface area contributed by atoms with Gasteiger partial charge in [0.05, 0.1) is 12.6 Å². The summed E-state index contributed by atoms with van der Waals surface area (Å²) in [7, 11) is 0. The molecule has 0 aliphatic carbocycles. The minimum atomic E-state index is 0.0440. The highest BCUT2D eigenvalue weighted by molar-refractivity contribution is 5.98. The molecule has 0 radical (unpaired) electrons. The predicted molar refractivity (Wildman–Crippen MR) is 76.5 cm³/mol. The Kier molecular flexibility index (Phi) is 4.07. The van der Waals surface area contributed by atoms with Crippen molar-refractivity contribution in [1.29, 1.82) is 5.26 Å². The van der Waals surface area contributed by atoms with E-state index in [1.54, 1.807) is 6.07 Å². The van der Waals surface area contributed by atoms with Crippen molar-refractivity contribution in [2.24, 2.45) is 5.92 Å². The first-order valence-electron chi connectivity index (χ1n) is 7.31. The molecule has 0 unspecified atom stereocenters. The summed E-state index contributed by atoms with van der Waals surface area (Å²) in [5.41, 5.74) is 0.693. The first-order chi connectivity index (χ1) is 10.3. The number of rotatable bonds is 3. The molecule has 0 amide bonds. The van der Waals surface area contributed by atoms with E-state index in [-0.39, 0.29) is 11.7 Å². The Morgan fingerprint density at radius 1 is 1.24 bits per heavy atom. The van der Waals surface area contributed by atoms with Crippen LogP contribution in [0.3, 0.4) is 0 Å². The van der Waals surface area contributed by atoms with Crippen LogP contribution in [0.1, 0.15) is 23.2 Å². The van der Waals surface area contributed by atoms with E-state index >= 15 is 0 Å². The standard InChI is InChI=1S/C16H18N2O3/c17-5-8-18-6-3-12(4-7-18)16(19)13-1-2-14-15(11-13)21-10-9-20-14/h1-2,11-12H,3-4,6-10H2. The number of nitriles is 1. The van der Waals surface area contributed by atoms with Crippen LogP contribution in [0.2, 0.25) is 0 Å². The molecule has 21 heavy (non-hydrogen) atoms. The average Bonchev–Trinajstić information content (AvgIpc) is 2.55. The van der Waals surface area contributed by atoms with E-state index in [4.69, 9.17) is 14.7 Å². The number of piperidine rings is 1. The van der Waals surface area contributed by atoms with E-state index in [0.29, 0.717) is 36.8 Å². The summed E-state index contributed by atoms with van der Waals surface area (Å²) in [5, 5.41) is 8.70. The van der Waals surface area contributed by atoms with Gasteiger partial charge in [0.25, 0.3) is 0 Å². The van der Waals surface area contributed by atoms with Crippen molar-refractivity contribution in [3.05, 3.63) is 23.8 Å². The highest BCUT2D eigenvalue weighted by atomic mass is 16.6. The number of benzene rings is 1. The lowest BCUT2D eigenvalue weighted by Gasteiger charge is -2.29. The number of ketones is 1.